The van der Waals surface area contributed by atoms with E-state index in [1.165, 1.54) is 11.1 Å². The second-order valence-corrected chi connectivity index (χ2v) is 11.0. The average Bonchev–Trinajstić information content (AvgIpc) is 3.52. The van der Waals surface area contributed by atoms with E-state index >= 15 is 0 Å². The molecule has 32 heavy (non-hydrogen) atoms. The molecule has 0 amide bonds. The molecule has 4 heteroatoms. The zero-order valence-corrected chi connectivity index (χ0v) is 19.1. The van der Waals surface area contributed by atoms with Crippen molar-refractivity contribution in [2.24, 2.45) is 28.6 Å². The molecule has 1 N–H and O–H groups in total. The summed E-state index contributed by atoms with van der Waals surface area (Å²) < 4.78 is 12.4. The molecule has 4 nitrogen and oxygen atoms in total. The Kier molecular flexibility index (Phi) is 4.12. The summed E-state index contributed by atoms with van der Waals surface area (Å²) in [6.45, 7) is 7.09. The third-order valence-electron chi connectivity index (χ3n) is 9.54. The molecule has 0 bridgehead atoms. The zero-order valence-electron chi connectivity index (χ0n) is 19.1. The quantitative estimate of drug-likeness (QED) is 0.540. The van der Waals surface area contributed by atoms with Gasteiger partial charge in [0.1, 0.15) is 18.0 Å². The first-order chi connectivity index (χ1) is 15.2. The highest BCUT2D eigenvalue weighted by molar-refractivity contribution is 6.01. The Morgan fingerprint density at radius 1 is 1.19 bits per heavy atom. The summed E-state index contributed by atoms with van der Waals surface area (Å²) in [5.74, 6) is 0.673. The number of hydrogen-bond donors (Lipinski definition) is 1. The Hall–Kier alpha value is -2.17. The van der Waals surface area contributed by atoms with Crippen molar-refractivity contribution >= 4 is 5.78 Å². The minimum Gasteiger partial charge on any atom is -0.457 e. The van der Waals surface area contributed by atoms with Crippen LogP contribution in [0.2, 0.25) is 0 Å². The lowest BCUT2D eigenvalue weighted by Crippen LogP contribution is -2.62. The number of rotatable bonds is 3. The fourth-order valence-electron chi connectivity index (χ4n) is 7.78. The van der Waals surface area contributed by atoms with E-state index in [1.807, 2.05) is 36.4 Å². The fourth-order valence-corrected chi connectivity index (χ4v) is 7.78. The molecule has 1 aromatic carbocycles. The van der Waals surface area contributed by atoms with Gasteiger partial charge in [-0.2, -0.15) is 0 Å². The Bertz CT molecular complexity index is 1060. The maximum atomic E-state index is 12.4. The molecule has 5 aliphatic rings. The number of fused-ring (bicyclic) bond motifs is 5. The molecular formula is C28H32O4. The van der Waals surface area contributed by atoms with E-state index in [9.17, 15) is 9.90 Å². The van der Waals surface area contributed by atoms with Crippen LogP contribution in [0.15, 0.2) is 65.8 Å². The van der Waals surface area contributed by atoms with Gasteiger partial charge in [-0.3, -0.25) is 4.79 Å². The molecule has 1 saturated heterocycles. The molecule has 0 radical (unpaired) electrons. The number of hydrogen-bond acceptors (Lipinski definition) is 4. The molecule has 0 spiro atoms. The Morgan fingerprint density at radius 2 is 1.94 bits per heavy atom. The number of epoxide rings is 1. The largest absolute Gasteiger partial charge is 0.457 e. The number of aliphatic hydroxyl groups is 1. The minimum atomic E-state index is -1.07. The first kappa shape index (κ1) is 20.4. The van der Waals surface area contributed by atoms with Crippen LogP contribution in [0.25, 0.3) is 0 Å². The van der Waals surface area contributed by atoms with Crippen LogP contribution in [0.3, 0.4) is 0 Å². The number of ether oxygens (including phenoxy) is 2. The molecule has 1 aliphatic heterocycles. The van der Waals surface area contributed by atoms with E-state index in [1.54, 1.807) is 6.08 Å². The van der Waals surface area contributed by atoms with E-state index in [0.717, 1.165) is 31.4 Å². The van der Waals surface area contributed by atoms with Gasteiger partial charge in [0.05, 0.1) is 0 Å². The molecule has 0 aromatic heterocycles. The van der Waals surface area contributed by atoms with Crippen LogP contribution in [-0.4, -0.2) is 28.9 Å². The predicted molar refractivity (Wildman–Crippen MR) is 122 cm³/mol. The van der Waals surface area contributed by atoms with Gasteiger partial charge in [-0.15, -0.1) is 0 Å². The molecule has 2 unspecified atom stereocenters. The van der Waals surface area contributed by atoms with Crippen molar-refractivity contribution in [1.82, 2.24) is 0 Å². The Morgan fingerprint density at radius 3 is 2.66 bits per heavy atom. The van der Waals surface area contributed by atoms with Crippen LogP contribution < -0.4 is 4.74 Å². The predicted octanol–water partition coefficient (Wildman–Crippen LogP) is 5.00. The van der Waals surface area contributed by atoms with Gasteiger partial charge in [0.25, 0.3) is 5.79 Å². The van der Waals surface area contributed by atoms with Crippen molar-refractivity contribution in [2.45, 2.75) is 57.8 Å². The number of carbonyl (C=O) groups is 1. The van der Waals surface area contributed by atoms with Crippen LogP contribution in [0.5, 0.6) is 5.75 Å². The van der Waals surface area contributed by atoms with Crippen molar-refractivity contribution in [1.29, 1.82) is 0 Å². The van der Waals surface area contributed by atoms with E-state index in [0.29, 0.717) is 18.4 Å². The lowest BCUT2D eigenvalue weighted by atomic mass is 9.51. The highest BCUT2D eigenvalue weighted by atomic mass is 16.8. The summed E-state index contributed by atoms with van der Waals surface area (Å²) in [5, 5.41) is 12.4. The second kappa shape index (κ2) is 6.45. The summed E-state index contributed by atoms with van der Waals surface area (Å²) in [5.41, 5.74) is 1.10. The number of ketones is 1. The highest BCUT2D eigenvalue weighted by Gasteiger charge is 2.78. The molecule has 4 aliphatic carbocycles. The minimum absolute atomic E-state index is 0.0599. The number of allylic oxidation sites excluding steroid dienone is 6. The number of benzene rings is 1. The van der Waals surface area contributed by atoms with Crippen LogP contribution in [0, 0.1) is 28.6 Å². The topological polar surface area (TPSA) is 59.1 Å². The summed E-state index contributed by atoms with van der Waals surface area (Å²) >= 11 is 0. The maximum absolute atomic E-state index is 12.4. The van der Waals surface area contributed by atoms with Crippen LogP contribution in [0.4, 0.5) is 0 Å². The first-order valence-electron chi connectivity index (χ1n) is 12.0. The summed E-state index contributed by atoms with van der Waals surface area (Å²) in [4.78, 5) is 12.0. The molecule has 1 heterocycles. The normalized spacial score (nSPS) is 46.5. The first-order valence-corrected chi connectivity index (χ1v) is 12.0. The van der Waals surface area contributed by atoms with Crippen molar-refractivity contribution in [3.63, 3.8) is 0 Å². The highest BCUT2D eigenvalue weighted by Crippen LogP contribution is 2.70. The zero-order chi connectivity index (χ0) is 22.4. The monoisotopic (exact) mass is 432 g/mol. The molecule has 1 aromatic rings. The summed E-state index contributed by atoms with van der Waals surface area (Å²) in [6, 6.07) is 9.72. The van der Waals surface area contributed by atoms with Crippen molar-refractivity contribution < 1.29 is 19.4 Å². The van der Waals surface area contributed by atoms with Gasteiger partial charge in [0, 0.05) is 10.8 Å². The SMILES string of the molecule is CC1C[C@H]2[C@@H]3CCC4=CC(=O)C=C[C@]4(C)C3=CC[C@]2(C)[C@@]1(O)C1(Oc2ccccc2)CO1. The van der Waals surface area contributed by atoms with E-state index < -0.39 is 11.4 Å². The van der Waals surface area contributed by atoms with Crippen molar-refractivity contribution in [3.05, 3.63) is 65.8 Å². The number of carbonyl (C=O) groups excluding carboxylic acids is 1. The van der Waals surface area contributed by atoms with E-state index in [2.05, 4.69) is 32.9 Å². The second-order valence-electron chi connectivity index (χ2n) is 11.0. The summed E-state index contributed by atoms with van der Waals surface area (Å²) in [6.07, 6.45) is 11.8. The van der Waals surface area contributed by atoms with E-state index in [4.69, 9.17) is 9.47 Å². The van der Waals surface area contributed by atoms with Gasteiger partial charge in [0.2, 0.25) is 0 Å². The smallest absolute Gasteiger partial charge is 0.264 e. The average molecular weight is 433 g/mol. The molecule has 7 atom stereocenters. The van der Waals surface area contributed by atoms with Gasteiger partial charge in [-0.05, 0) is 74.6 Å². The van der Waals surface area contributed by atoms with Crippen molar-refractivity contribution in [2.75, 3.05) is 6.61 Å². The van der Waals surface area contributed by atoms with Gasteiger partial charge < -0.3 is 14.6 Å². The molecule has 3 fully saturated rings. The van der Waals surface area contributed by atoms with Gasteiger partial charge >= 0.3 is 0 Å². The van der Waals surface area contributed by atoms with Gasteiger partial charge in [-0.1, -0.05) is 55.3 Å². The molecule has 6 rings (SSSR count). The third kappa shape index (κ3) is 2.43. The number of para-hydroxylation sites is 1. The maximum Gasteiger partial charge on any atom is 0.264 e. The molecule has 168 valence electrons. The van der Waals surface area contributed by atoms with Gasteiger partial charge in [-0.25, -0.2) is 0 Å². The lowest BCUT2D eigenvalue weighted by molar-refractivity contribution is -0.208. The van der Waals surface area contributed by atoms with Crippen molar-refractivity contribution in [3.8, 4) is 5.75 Å². The third-order valence-corrected chi connectivity index (χ3v) is 9.54. The van der Waals surface area contributed by atoms with Crippen LogP contribution >= 0.6 is 0 Å². The Balaban J connectivity index is 1.39. The summed E-state index contributed by atoms with van der Waals surface area (Å²) in [7, 11) is 0. The fraction of sp³-hybridized carbons (Fsp3) is 0.536. The molecule has 2 saturated carbocycles. The van der Waals surface area contributed by atoms with Crippen LogP contribution in [-0.2, 0) is 9.53 Å². The Labute approximate surface area is 190 Å². The van der Waals surface area contributed by atoms with E-state index in [-0.39, 0.29) is 22.5 Å². The van der Waals surface area contributed by atoms with Gasteiger partial charge in [0.15, 0.2) is 5.78 Å². The molecular weight excluding hydrogens is 400 g/mol. The lowest BCUT2D eigenvalue weighted by Gasteiger charge is -2.54. The van der Waals surface area contributed by atoms with Crippen LogP contribution in [0.1, 0.15) is 46.5 Å². The standard InChI is InChI=1S/C28H32O4/c1-18-15-24-22-10-9-19-16-20(29)11-13-25(19,2)23(22)12-14-26(24,3)28(18,30)27(17-31-27)32-21-7-5-4-6-8-21/h4-8,11-13,16,18,22,24,30H,9-10,14-15,17H2,1-3H3/t18?,22-,24+,25+,26+,27?,28-/m1/s1.